The van der Waals surface area contributed by atoms with Gasteiger partial charge >= 0.3 is 0 Å². The second-order valence-corrected chi connectivity index (χ2v) is 5.63. The quantitative estimate of drug-likeness (QED) is 0.687. The SMILES string of the molecule is NCCCCCN1CCN(CC2CCCO2)CC1. The lowest BCUT2D eigenvalue weighted by Crippen LogP contribution is -2.48. The zero-order chi connectivity index (χ0) is 12.6. The second-order valence-electron chi connectivity index (χ2n) is 5.63. The van der Waals surface area contributed by atoms with Gasteiger partial charge in [0.2, 0.25) is 0 Å². The highest BCUT2D eigenvalue weighted by molar-refractivity contribution is 4.76. The van der Waals surface area contributed by atoms with Crippen molar-refractivity contribution in [3.63, 3.8) is 0 Å². The molecule has 1 unspecified atom stereocenters. The van der Waals surface area contributed by atoms with Gasteiger partial charge in [0.05, 0.1) is 6.10 Å². The van der Waals surface area contributed by atoms with Gasteiger partial charge in [-0.2, -0.15) is 0 Å². The Labute approximate surface area is 111 Å². The summed E-state index contributed by atoms with van der Waals surface area (Å²) < 4.78 is 5.71. The van der Waals surface area contributed by atoms with Gasteiger partial charge in [-0.15, -0.1) is 0 Å². The summed E-state index contributed by atoms with van der Waals surface area (Å²) in [5, 5.41) is 0. The third-order valence-electron chi connectivity index (χ3n) is 4.13. The molecule has 4 heteroatoms. The summed E-state index contributed by atoms with van der Waals surface area (Å²) in [5.41, 5.74) is 5.51. The molecule has 2 N–H and O–H groups in total. The Balaban J connectivity index is 1.53. The van der Waals surface area contributed by atoms with Crippen LogP contribution in [0.1, 0.15) is 32.1 Å². The number of unbranched alkanes of at least 4 members (excludes halogenated alkanes) is 2. The lowest BCUT2D eigenvalue weighted by atomic mass is 10.2. The van der Waals surface area contributed by atoms with Crippen molar-refractivity contribution >= 4 is 0 Å². The number of ether oxygens (including phenoxy) is 1. The Kier molecular flexibility index (Phi) is 6.41. The van der Waals surface area contributed by atoms with Crippen LogP contribution in [-0.2, 0) is 4.74 Å². The highest BCUT2D eigenvalue weighted by Crippen LogP contribution is 2.14. The van der Waals surface area contributed by atoms with E-state index in [2.05, 4.69) is 9.80 Å². The molecule has 0 radical (unpaired) electrons. The summed E-state index contributed by atoms with van der Waals surface area (Å²) in [7, 11) is 0. The van der Waals surface area contributed by atoms with Crippen LogP contribution in [0.5, 0.6) is 0 Å². The monoisotopic (exact) mass is 255 g/mol. The Morgan fingerprint density at radius 3 is 2.44 bits per heavy atom. The molecular formula is C14H29N3O. The normalized spacial score (nSPS) is 26.8. The molecule has 0 aliphatic carbocycles. The van der Waals surface area contributed by atoms with Crippen molar-refractivity contribution in [2.24, 2.45) is 5.73 Å². The molecule has 18 heavy (non-hydrogen) atoms. The molecule has 2 aliphatic rings. The first-order valence-corrected chi connectivity index (χ1v) is 7.65. The minimum absolute atomic E-state index is 0.515. The summed E-state index contributed by atoms with van der Waals surface area (Å²) in [5.74, 6) is 0. The van der Waals surface area contributed by atoms with Crippen molar-refractivity contribution in [2.75, 3.05) is 52.4 Å². The molecule has 0 saturated carbocycles. The van der Waals surface area contributed by atoms with E-state index in [1.807, 2.05) is 0 Å². The predicted molar refractivity (Wildman–Crippen MR) is 74.8 cm³/mol. The first-order chi connectivity index (χ1) is 8.88. The number of hydrogen-bond donors (Lipinski definition) is 1. The smallest absolute Gasteiger partial charge is 0.0702 e. The number of piperazine rings is 1. The van der Waals surface area contributed by atoms with E-state index < -0.39 is 0 Å². The predicted octanol–water partition coefficient (Wildman–Crippen LogP) is 0.912. The average molecular weight is 255 g/mol. The Morgan fingerprint density at radius 1 is 1.00 bits per heavy atom. The fourth-order valence-electron chi connectivity index (χ4n) is 2.93. The van der Waals surface area contributed by atoms with Gasteiger partial charge in [-0.1, -0.05) is 6.42 Å². The van der Waals surface area contributed by atoms with Crippen LogP contribution in [0.15, 0.2) is 0 Å². The van der Waals surface area contributed by atoms with E-state index in [0.717, 1.165) is 19.7 Å². The first-order valence-electron chi connectivity index (χ1n) is 7.65. The largest absolute Gasteiger partial charge is 0.377 e. The van der Waals surface area contributed by atoms with Crippen LogP contribution in [0.25, 0.3) is 0 Å². The van der Waals surface area contributed by atoms with Gasteiger partial charge < -0.3 is 15.4 Å². The van der Waals surface area contributed by atoms with Gasteiger partial charge in [0.15, 0.2) is 0 Å². The van der Waals surface area contributed by atoms with Crippen molar-refractivity contribution in [1.29, 1.82) is 0 Å². The number of nitrogens with zero attached hydrogens (tertiary/aromatic N) is 2. The molecule has 0 bridgehead atoms. The molecule has 2 fully saturated rings. The highest BCUT2D eigenvalue weighted by Gasteiger charge is 2.22. The molecular weight excluding hydrogens is 226 g/mol. The second kappa shape index (κ2) is 8.10. The Morgan fingerprint density at radius 2 is 1.78 bits per heavy atom. The van der Waals surface area contributed by atoms with Crippen molar-refractivity contribution in [2.45, 2.75) is 38.2 Å². The van der Waals surface area contributed by atoms with Crippen LogP contribution >= 0.6 is 0 Å². The summed E-state index contributed by atoms with van der Waals surface area (Å²) in [6.45, 7) is 9.13. The van der Waals surface area contributed by atoms with Crippen LogP contribution in [0.2, 0.25) is 0 Å². The fourth-order valence-corrected chi connectivity index (χ4v) is 2.93. The minimum atomic E-state index is 0.515. The zero-order valence-electron chi connectivity index (χ0n) is 11.6. The van der Waals surface area contributed by atoms with Crippen molar-refractivity contribution in [1.82, 2.24) is 9.80 Å². The molecule has 0 spiro atoms. The van der Waals surface area contributed by atoms with Crippen LogP contribution in [-0.4, -0.2) is 68.3 Å². The van der Waals surface area contributed by atoms with Gasteiger partial charge in [-0.25, -0.2) is 0 Å². The lowest BCUT2D eigenvalue weighted by Gasteiger charge is -2.35. The molecule has 2 rings (SSSR count). The average Bonchev–Trinajstić information content (AvgIpc) is 2.89. The van der Waals surface area contributed by atoms with E-state index in [0.29, 0.717) is 6.10 Å². The zero-order valence-corrected chi connectivity index (χ0v) is 11.6. The maximum atomic E-state index is 5.71. The molecule has 2 heterocycles. The van der Waals surface area contributed by atoms with Gasteiger partial charge in [0.25, 0.3) is 0 Å². The summed E-state index contributed by atoms with van der Waals surface area (Å²) in [6, 6.07) is 0. The van der Waals surface area contributed by atoms with E-state index in [4.69, 9.17) is 10.5 Å². The number of hydrogen-bond acceptors (Lipinski definition) is 4. The standard InChI is InChI=1S/C14H29N3O/c15-6-2-1-3-7-16-8-10-17(11-9-16)13-14-5-4-12-18-14/h14H,1-13,15H2. The van der Waals surface area contributed by atoms with Gasteiger partial charge in [-0.3, -0.25) is 4.90 Å². The maximum Gasteiger partial charge on any atom is 0.0702 e. The molecule has 106 valence electrons. The first kappa shape index (κ1) is 14.3. The third kappa shape index (κ3) is 4.84. The summed E-state index contributed by atoms with van der Waals surface area (Å²) in [4.78, 5) is 5.18. The van der Waals surface area contributed by atoms with Crippen LogP contribution in [0.4, 0.5) is 0 Å². The van der Waals surface area contributed by atoms with Crippen molar-refractivity contribution < 1.29 is 4.74 Å². The molecule has 0 aromatic carbocycles. The Hall–Kier alpha value is -0.160. The lowest BCUT2D eigenvalue weighted by molar-refractivity contribution is 0.0501. The van der Waals surface area contributed by atoms with Crippen molar-refractivity contribution in [3.8, 4) is 0 Å². The van der Waals surface area contributed by atoms with Crippen molar-refractivity contribution in [3.05, 3.63) is 0 Å². The maximum absolute atomic E-state index is 5.71. The van der Waals surface area contributed by atoms with Gasteiger partial charge in [0.1, 0.15) is 0 Å². The minimum Gasteiger partial charge on any atom is -0.377 e. The molecule has 4 nitrogen and oxygen atoms in total. The third-order valence-corrected chi connectivity index (χ3v) is 4.13. The van der Waals surface area contributed by atoms with Gasteiger partial charge in [0, 0.05) is 39.3 Å². The molecule has 1 atom stereocenters. The topological polar surface area (TPSA) is 41.7 Å². The van der Waals surface area contributed by atoms with Crippen LogP contribution in [0.3, 0.4) is 0 Å². The molecule has 0 aromatic rings. The molecule has 0 aromatic heterocycles. The summed E-state index contributed by atoms with van der Waals surface area (Å²) >= 11 is 0. The van der Waals surface area contributed by atoms with E-state index in [9.17, 15) is 0 Å². The van der Waals surface area contributed by atoms with Crippen LogP contribution in [0, 0.1) is 0 Å². The van der Waals surface area contributed by atoms with E-state index >= 15 is 0 Å². The summed E-state index contributed by atoms with van der Waals surface area (Å²) in [6.07, 6.45) is 6.81. The molecule has 0 amide bonds. The van der Waals surface area contributed by atoms with E-state index in [-0.39, 0.29) is 0 Å². The Bertz CT molecular complexity index is 211. The van der Waals surface area contributed by atoms with E-state index in [1.54, 1.807) is 0 Å². The molecule has 2 saturated heterocycles. The van der Waals surface area contributed by atoms with E-state index in [1.165, 1.54) is 64.8 Å². The van der Waals surface area contributed by atoms with Gasteiger partial charge in [-0.05, 0) is 38.8 Å². The fraction of sp³-hybridized carbons (Fsp3) is 1.00. The molecule has 2 aliphatic heterocycles. The highest BCUT2D eigenvalue weighted by atomic mass is 16.5. The number of nitrogens with two attached hydrogens (primary N) is 1. The number of rotatable bonds is 7. The van der Waals surface area contributed by atoms with Crippen LogP contribution < -0.4 is 5.73 Å².